The number of carbonyl (C=O) groups is 2. The number of ether oxygens (including phenoxy) is 1. The summed E-state index contributed by atoms with van der Waals surface area (Å²) in [5.74, 6) is 0.0343. The van der Waals surface area contributed by atoms with Crippen LogP contribution in [0, 0.1) is 19.8 Å². The summed E-state index contributed by atoms with van der Waals surface area (Å²) < 4.78 is 10.1. The van der Waals surface area contributed by atoms with Gasteiger partial charge in [-0.1, -0.05) is 0 Å². The molecule has 6 heteroatoms. The van der Waals surface area contributed by atoms with Gasteiger partial charge < -0.3 is 14.1 Å². The van der Waals surface area contributed by atoms with E-state index in [1.54, 1.807) is 18.7 Å². The Balaban J connectivity index is 2.11. The number of carbonyl (C=O) groups excluding carboxylic acids is 2. The van der Waals surface area contributed by atoms with E-state index in [1.165, 1.54) is 7.11 Å². The highest BCUT2D eigenvalue weighted by Crippen LogP contribution is 2.21. The Hall–Kier alpha value is -1.85. The van der Waals surface area contributed by atoms with Crippen LogP contribution in [-0.4, -0.2) is 42.0 Å². The van der Waals surface area contributed by atoms with Crippen molar-refractivity contribution in [1.29, 1.82) is 0 Å². The molecule has 0 bridgehead atoms. The Morgan fingerprint density at radius 3 is 2.74 bits per heavy atom. The Morgan fingerprint density at radius 1 is 1.42 bits per heavy atom. The van der Waals surface area contributed by atoms with Gasteiger partial charge in [0.15, 0.2) is 5.89 Å². The van der Waals surface area contributed by atoms with Gasteiger partial charge in [0, 0.05) is 20.0 Å². The number of rotatable bonds is 2. The number of aromatic nitrogens is 1. The number of esters is 1. The van der Waals surface area contributed by atoms with E-state index < -0.39 is 0 Å². The molecule has 1 aromatic heterocycles. The summed E-state index contributed by atoms with van der Waals surface area (Å²) in [6.45, 7) is 4.46. The lowest BCUT2D eigenvalue weighted by molar-refractivity contribution is -0.146. The number of hydrogen-bond acceptors (Lipinski definition) is 5. The second-order valence-corrected chi connectivity index (χ2v) is 4.76. The van der Waals surface area contributed by atoms with Gasteiger partial charge in [0.1, 0.15) is 0 Å². The summed E-state index contributed by atoms with van der Waals surface area (Å²) >= 11 is 0. The molecule has 104 valence electrons. The smallest absolute Gasteiger partial charge is 0.310 e. The predicted octanol–water partition coefficient (Wildman–Crippen LogP) is 1.32. The fraction of sp³-hybridized carbons (Fsp3) is 0.615. The first-order valence-electron chi connectivity index (χ1n) is 6.34. The number of methoxy groups -OCH3 is 1. The first kappa shape index (κ1) is 13.6. The molecule has 0 saturated carbocycles. The molecule has 1 atom stereocenters. The molecule has 1 unspecified atom stereocenters. The maximum atomic E-state index is 12.3. The summed E-state index contributed by atoms with van der Waals surface area (Å²) in [5, 5.41) is 0. The number of oxazole rings is 1. The quantitative estimate of drug-likeness (QED) is 0.755. The van der Waals surface area contributed by atoms with Crippen LogP contribution in [0.1, 0.15) is 35.0 Å². The Labute approximate surface area is 111 Å². The van der Waals surface area contributed by atoms with Crippen molar-refractivity contribution in [2.75, 3.05) is 20.2 Å². The number of hydrogen-bond donors (Lipinski definition) is 0. The van der Waals surface area contributed by atoms with Crippen molar-refractivity contribution in [1.82, 2.24) is 9.88 Å². The summed E-state index contributed by atoms with van der Waals surface area (Å²) in [6.07, 6.45) is 1.54. The highest BCUT2D eigenvalue weighted by atomic mass is 16.5. The number of likely N-dealkylation sites (tertiary alicyclic amines) is 1. The molecule has 19 heavy (non-hydrogen) atoms. The first-order chi connectivity index (χ1) is 9.02. The van der Waals surface area contributed by atoms with Crippen molar-refractivity contribution < 1.29 is 18.7 Å². The average molecular weight is 266 g/mol. The number of nitrogens with zero attached hydrogens (tertiary/aromatic N) is 2. The molecule has 1 aromatic rings. The maximum absolute atomic E-state index is 12.3. The maximum Gasteiger partial charge on any atom is 0.310 e. The molecule has 1 aliphatic rings. The van der Waals surface area contributed by atoms with E-state index >= 15 is 0 Å². The van der Waals surface area contributed by atoms with Gasteiger partial charge in [-0.3, -0.25) is 9.59 Å². The van der Waals surface area contributed by atoms with Crippen LogP contribution in [0.25, 0.3) is 0 Å². The van der Waals surface area contributed by atoms with Gasteiger partial charge in [-0.15, -0.1) is 0 Å². The number of amides is 1. The van der Waals surface area contributed by atoms with E-state index in [1.807, 2.05) is 0 Å². The van der Waals surface area contributed by atoms with Gasteiger partial charge in [-0.2, -0.15) is 0 Å². The largest absolute Gasteiger partial charge is 0.469 e. The summed E-state index contributed by atoms with van der Waals surface area (Å²) in [6, 6.07) is 0. The van der Waals surface area contributed by atoms with E-state index in [0.29, 0.717) is 24.7 Å². The summed E-state index contributed by atoms with van der Waals surface area (Å²) in [5.41, 5.74) is 0.586. The molecule has 0 spiro atoms. The molecule has 2 rings (SSSR count). The molecule has 0 aromatic carbocycles. The third-order valence-electron chi connectivity index (χ3n) is 3.34. The Kier molecular flexibility index (Phi) is 3.87. The Bertz CT molecular complexity index is 495. The molecule has 6 nitrogen and oxygen atoms in total. The van der Waals surface area contributed by atoms with E-state index in [4.69, 9.17) is 9.15 Å². The molecule has 0 radical (unpaired) electrons. The Morgan fingerprint density at radius 2 is 2.16 bits per heavy atom. The minimum atomic E-state index is -0.261. The average Bonchev–Trinajstić information content (AvgIpc) is 2.76. The van der Waals surface area contributed by atoms with Gasteiger partial charge in [-0.05, 0) is 19.8 Å². The SMILES string of the molecule is COC(=O)C1CCCN(C(=O)c2oc(C)nc2C)C1. The number of aryl methyl sites for hydroxylation is 2. The van der Waals surface area contributed by atoms with Gasteiger partial charge in [0.05, 0.1) is 18.7 Å². The van der Waals surface area contributed by atoms with Gasteiger partial charge >= 0.3 is 5.97 Å². The van der Waals surface area contributed by atoms with E-state index in [0.717, 1.165) is 12.8 Å². The van der Waals surface area contributed by atoms with Crippen molar-refractivity contribution in [3.63, 3.8) is 0 Å². The van der Waals surface area contributed by atoms with Gasteiger partial charge in [0.25, 0.3) is 5.91 Å². The second-order valence-electron chi connectivity index (χ2n) is 4.76. The lowest BCUT2D eigenvalue weighted by Crippen LogP contribution is -2.42. The van der Waals surface area contributed by atoms with Crippen LogP contribution in [-0.2, 0) is 9.53 Å². The topological polar surface area (TPSA) is 72.6 Å². The fourth-order valence-corrected chi connectivity index (χ4v) is 2.39. The highest BCUT2D eigenvalue weighted by molar-refractivity contribution is 5.92. The third-order valence-corrected chi connectivity index (χ3v) is 3.34. The highest BCUT2D eigenvalue weighted by Gasteiger charge is 2.31. The summed E-state index contributed by atoms with van der Waals surface area (Å²) in [7, 11) is 1.37. The van der Waals surface area contributed by atoms with Crippen LogP contribution in [0.4, 0.5) is 0 Å². The van der Waals surface area contributed by atoms with Crippen LogP contribution in [0.15, 0.2) is 4.42 Å². The molecular formula is C13H18N2O4. The zero-order valence-corrected chi connectivity index (χ0v) is 11.4. The zero-order chi connectivity index (χ0) is 14.0. The molecule has 1 amide bonds. The molecule has 1 fully saturated rings. The van der Waals surface area contributed by atoms with Crippen molar-refractivity contribution in [2.24, 2.45) is 5.92 Å². The first-order valence-corrected chi connectivity index (χ1v) is 6.34. The minimum absolute atomic E-state index is 0.202. The number of piperidine rings is 1. The minimum Gasteiger partial charge on any atom is -0.469 e. The van der Waals surface area contributed by atoms with Crippen molar-refractivity contribution >= 4 is 11.9 Å². The van der Waals surface area contributed by atoms with Crippen LogP contribution in [0.2, 0.25) is 0 Å². The molecule has 0 aliphatic carbocycles. The molecule has 0 N–H and O–H groups in total. The summed E-state index contributed by atoms with van der Waals surface area (Å²) in [4.78, 5) is 29.6. The van der Waals surface area contributed by atoms with E-state index in [-0.39, 0.29) is 23.6 Å². The van der Waals surface area contributed by atoms with Crippen LogP contribution in [0.3, 0.4) is 0 Å². The lowest BCUT2D eigenvalue weighted by Gasteiger charge is -2.30. The van der Waals surface area contributed by atoms with Crippen LogP contribution >= 0.6 is 0 Å². The van der Waals surface area contributed by atoms with Gasteiger partial charge in [0.2, 0.25) is 5.76 Å². The van der Waals surface area contributed by atoms with Crippen LogP contribution in [0.5, 0.6) is 0 Å². The standard InChI is InChI=1S/C13H18N2O4/c1-8-11(19-9(2)14-8)12(16)15-6-4-5-10(7-15)13(17)18-3/h10H,4-7H2,1-3H3. The zero-order valence-electron chi connectivity index (χ0n) is 11.4. The molecule has 1 saturated heterocycles. The molecular weight excluding hydrogens is 248 g/mol. The third kappa shape index (κ3) is 2.77. The van der Waals surface area contributed by atoms with Crippen molar-refractivity contribution in [2.45, 2.75) is 26.7 Å². The lowest BCUT2D eigenvalue weighted by atomic mass is 9.98. The second kappa shape index (κ2) is 5.42. The van der Waals surface area contributed by atoms with E-state index in [9.17, 15) is 9.59 Å². The van der Waals surface area contributed by atoms with Crippen molar-refractivity contribution in [3.05, 3.63) is 17.3 Å². The normalized spacial score (nSPS) is 19.3. The van der Waals surface area contributed by atoms with Crippen LogP contribution < -0.4 is 0 Å². The fourth-order valence-electron chi connectivity index (χ4n) is 2.39. The monoisotopic (exact) mass is 266 g/mol. The molecule has 1 aliphatic heterocycles. The van der Waals surface area contributed by atoms with Crippen molar-refractivity contribution in [3.8, 4) is 0 Å². The van der Waals surface area contributed by atoms with Gasteiger partial charge in [-0.25, -0.2) is 4.98 Å². The van der Waals surface area contributed by atoms with E-state index in [2.05, 4.69) is 4.98 Å². The predicted molar refractivity (Wildman–Crippen MR) is 66.6 cm³/mol. The molecule has 2 heterocycles.